The molecule has 0 aliphatic rings. The second-order valence-corrected chi connectivity index (χ2v) is 3.73. The van der Waals surface area contributed by atoms with E-state index in [0.717, 1.165) is 10.0 Å². The molecule has 0 amide bonds. The van der Waals surface area contributed by atoms with E-state index in [0.29, 0.717) is 0 Å². The summed E-state index contributed by atoms with van der Waals surface area (Å²) in [5.41, 5.74) is 6.67. The van der Waals surface area contributed by atoms with Crippen molar-refractivity contribution in [3.8, 4) is 0 Å². The van der Waals surface area contributed by atoms with Crippen LogP contribution in [0.4, 0.5) is 0 Å². The fourth-order valence-electron chi connectivity index (χ4n) is 0.964. The van der Waals surface area contributed by atoms with Crippen LogP contribution < -0.4 is 5.73 Å². The SMILES string of the molecule is CC(O)C(N)c1ccc(Br)cc1.Cl. The average Bonchev–Trinajstić information content (AvgIpc) is 2.04. The zero-order chi connectivity index (χ0) is 9.14. The van der Waals surface area contributed by atoms with Gasteiger partial charge in [0, 0.05) is 4.47 Å². The van der Waals surface area contributed by atoms with E-state index in [1.807, 2.05) is 24.3 Å². The fourth-order valence-corrected chi connectivity index (χ4v) is 1.23. The molecular formula is C9H13BrClNO. The van der Waals surface area contributed by atoms with Crippen molar-refractivity contribution in [3.63, 3.8) is 0 Å². The molecule has 0 aliphatic heterocycles. The normalized spacial score (nSPS) is 14.5. The largest absolute Gasteiger partial charge is 0.391 e. The number of rotatable bonds is 2. The van der Waals surface area contributed by atoms with Crippen molar-refractivity contribution in [1.82, 2.24) is 0 Å². The summed E-state index contributed by atoms with van der Waals surface area (Å²) in [6.07, 6.45) is -0.508. The highest BCUT2D eigenvalue weighted by Gasteiger charge is 2.10. The molecule has 0 radical (unpaired) electrons. The molecule has 0 saturated heterocycles. The van der Waals surface area contributed by atoms with Gasteiger partial charge in [0.15, 0.2) is 0 Å². The van der Waals surface area contributed by atoms with E-state index in [-0.39, 0.29) is 18.4 Å². The molecule has 0 aromatic heterocycles. The standard InChI is InChI=1S/C9H12BrNO.ClH/c1-6(12)9(11)7-2-4-8(10)5-3-7;/h2-6,9,12H,11H2,1H3;1H. The van der Waals surface area contributed by atoms with Gasteiger partial charge in [-0.05, 0) is 24.6 Å². The zero-order valence-electron chi connectivity index (χ0n) is 7.27. The first-order valence-corrected chi connectivity index (χ1v) is 4.59. The van der Waals surface area contributed by atoms with Crippen molar-refractivity contribution in [1.29, 1.82) is 0 Å². The van der Waals surface area contributed by atoms with Gasteiger partial charge in [-0.25, -0.2) is 0 Å². The van der Waals surface area contributed by atoms with E-state index in [1.165, 1.54) is 0 Å². The van der Waals surface area contributed by atoms with Crippen LogP contribution in [-0.4, -0.2) is 11.2 Å². The van der Waals surface area contributed by atoms with Gasteiger partial charge in [-0.15, -0.1) is 12.4 Å². The maximum Gasteiger partial charge on any atom is 0.0704 e. The molecule has 13 heavy (non-hydrogen) atoms. The summed E-state index contributed by atoms with van der Waals surface area (Å²) in [5, 5.41) is 9.21. The molecule has 1 aromatic rings. The third-order valence-electron chi connectivity index (χ3n) is 1.77. The minimum Gasteiger partial charge on any atom is -0.391 e. The predicted molar refractivity (Wildman–Crippen MR) is 60.0 cm³/mol. The molecule has 1 aromatic carbocycles. The molecule has 0 saturated carbocycles. The molecule has 1 rings (SSSR count). The Kier molecular flexibility index (Phi) is 5.56. The quantitative estimate of drug-likeness (QED) is 0.862. The summed E-state index contributed by atoms with van der Waals surface area (Å²) >= 11 is 3.33. The van der Waals surface area contributed by atoms with Crippen LogP contribution in [0.1, 0.15) is 18.5 Å². The minimum atomic E-state index is -0.508. The summed E-state index contributed by atoms with van der Waals surface area (Å²) < 4.78 is 1.02. The van der Waals surface area contributed by atoms with Crippen LogP contribution in [0, 0.1) is 0 Å². The maximum absolute atomic E-state index is 9.21. The Morgan fingerprint density at radius 1 is 1.31 bits per heavy atom. The van der Waals surface area contributed by atoms with Crippen LogP contribution in [-0.2, 0) is 0 Å². The summed E-state index contributed by atoms with van der Waals surface area (Å²) in [7, 11) is 0. The number of aliphatic hydroxyl groups excluding tert-OH is 1. The highest BCUT2D eigenvalue weighted by atomic mass is 79.9. The van der Waals surface area contributed by atoms with Crippen molar-refractivity contribution >= 4 is 28.3 Å². The Bertz CT molecular complexity index is 250. The van der Waals surface area contributed by atoms with Crippen LogP contribution in [0.25, 0.3) is 0 Å². The number of nitrogens with two attached hydrogens (primary N) is 1. The zero-order valence-corrected chi connectivity index (χ0v) is 9.68. The molecular weight excluding hydrogens is 253 g/mol. The maximum atomic E-state index is 9.21. The lowest BCUT2D eigenvalue weighted by Crippen LogP contribution is -2.22. The lowest BCUT2D eigenvalue weighted by molar-refractivity contribution is 0.164. The van der Waals surface area contributed by atoms with Crippen LogP contribution in [0.3, 0.4) is 0 Å². The summed E-state index contributed by atoms with van der Waals surface area (Å²) in [6, 6.07) is 7.34. The van der Waals surface area contributed by atoms with Crippen molar-refractivity contribution in [2.24, 2.45) is 5.73 Å². The smallest absolute Gasteiger partial charge is 0.0704 e. The lowest BCUT2D eigenvalue weighted by atomic mass is 10.0. The third kappa shape index (κ3) is 3.65. The Morgan fingerprint density at radius 2 is 1.77 bits per heavy atom. The van der Waals surface area contributed by atoms with E-state index in [4.69, 9.17) is 5.73 Å². The van der Waals surface area contributed by atoms with Gasteiger partial charge in [0.1, 0.15) is 0 Å². The van der Waals surface area contributed by atoms with Crippen molar-refractivity contribution in [2.45, 2.75) is 19.1 Å². The van der Waals surface area contributed by atoms with E-state index in [1.54, 1.807) is 6.92 Å². The molecule has 0 fully saturated rings. The molecule has 0 aliphatic carbocycles. The van der Waals surface area contributed by atoms with Gasteiger partial charge in [-0.1, -0.05) is 28.1 Å². The van der Waals surface area contributed by atoms with Crippen molar-refractivity contribution in [3.05, 3.63) is 34.3 Å². The van der Waals surface area contributed by atoms with E-state index >= 15 is 0 Å². The molecule has 0 heterocycles. The molecule has 2 nitrogen and oxygen atoms in total. The first kappa shape index (κ1) is 12.9. The summed E-state index contributed by atoms with van der Waals surface area (Å²) in [4.78, 5) is 0. The Balaban J connectivity index is 0.00000144. The van der Waals surface area contributed by atoms with Crippen LogP contribution in [0.15, 0.2) is 28.7 Å². The topological polar surface area (TPSA) is 46.2 Å². The third-order valence-corrected chi connectivity index (χ3v) is 2.30. The van der Waals surface area contributed by atoms with E-state index < -0.39 is 6.10 Å². The lowest BCUT2D eigenvalue weighted by Gasteiger charge is -2.14. The first-order chi connectivity index (χ1) is 5.61. The molecule has 4 heteroatoms. The van der Waals surface area contributed by atoms with Gasteiger partial charge < -0.3 is 10.8 Å². The van der Waals surface area contributed by atoms with Gasteiger partial charge in [-0.2, -0.15) is 0 Å². The number of benzene rings is 1. The highest BCUT2D eigenvalue weighted by Crippen LogP contribution is 2.17. The fraction of sp³-hybridized carbons (Fsp3) is 0.333. The average molecular weight is 267 g/mol. The first-order valence-electron chi connectivity index (χ1n) is 3.80. The Labute approximate surface area is 92.7 Å². The Hall–Kier alpha value is -0.0900. The molecule has 0 bridgehead atoms. The molecule has 2 unspecified atom stereocenters. The van der Waals surface area contributed by atoms with E-state index in [9.17, 15) is 5.11 Å². The predicted octanol–water partition coefficient (Wildman–Crippen LogP) is 2.25. The van der Waals surface area contributed by atoms with Crippen LogP contribution in [0.2, 0.25) is 0 Å². The van der Waals surface area contributed by atoms with Gasteiger partial charge in [0.05, 0.1) is 12.1 Å². The number of hydrogen-bond donors (Lipinski definition) is 2. The molecule has 3 N–H and O–H groups in total. The van der Waals surface area contributed by atoms with Gasteiger partial charge >= 0.3 is 0 Å². The highest BCUT2D eigenvalue weighted by molar-refractivity contribution is 9.10. The summed E-state index contributed by atoms with van der Waals surface area (Å²) in [6.45, 7) is 1.69. The Morgan fingerprint density at radius 3 is 2.15 bits per heavy atom. The second kappa shape index (κ2) is 5.60. The van der Waals surface area contributed by atoms with Crippen LogP contribution in [0.5, 0.6) is 0 Å². The molecule has 74 valence electrons. The van der Waals surface area contributed by atoms with Gasteiger partial charge in [0.25, 0.3) is 0 Å². The number of aliphatic hydroxyl groups is 1. The molecule has 0 spiro atoms. The number of halogens is 2. The van der Waals surface area contributed by atoms with E-state index in [2.05, 4.69) is 15.9 Å². The van der Waals surface area contributed by atoms with Gasteiger partial charge in [0.2, 0.25) is 0 Å². The number of hydrogen-bond acceptors (Lipinski definition) is 2. The summed E-state index contributed by atoms with van der Waals surface area (Å²) in [5.74, 6) is 0. The van der Waals surface area contributed by atoms with Gasteiger partial charge in [-0.3, -0.25) is 0 Å². The van der Waals surface area contributed by atoms with Crippen LogP contribution >= 0.6 is 28.3 Å². The van der Waals surface area contributed by atoms with Crippen molar-refractivity contribution in [2.75, 3.05) is 0 Å². The molecule has 2 atom stereocenters. The monoisotopic (exact) mass is 265 g/mol. The second-order valence-electron chi connectivity index (χ2n) is 2.82. The minimum absolute atomic E-state index is 0. The van der Waals surface area contributed by atoms with Crippen molar-refractivity contribution < 1.29 is 5.11 Å².